The number of aromatic nitrogens is 5. The largest absolute Gasteiger partial charge is 0.494 e. The summed E-state index contributed by atoms with van der Waals surface area (Å²) in [4.78, 5) is 20.5. The first-order chi connectivity index (χ1) is 14.5. The van der Waals surface area contributed by atoms with Crippen LogP contribution in [0.15, 0.2) is 40.6 Å². The molecule has 158 valence electrons. The van der Waals surface area contributed by atoms with E-state index in [0.717, 1.165) is 28.6 Å². The first-order valence-corrected chi connectivity index (χ1v) is 11.3. The standard InChI is InChI=1S/C20H23N5O3S2/c1-5-28-16-8-6-15(7-9-16)25-17(23-24-20(25)30-12-18(26)27-4)11-29-19-21-13(2)10-14(3)22-19/h6-10H,5,11-12H2,1-4H3. The highest BCUT2D eigenvalue weighted by Gasteiger charge is 2.17. The maximum atomic E-state index is 11.6. The predicted molar refractivity (Wildman–Crippen MR) is 116 cm³/mol. The van der Waals surface area contributed by atoms with E-state index < -0.39 is 0 Å². The molecule has 8 nitrogen and oxygen atoms in total. The van der Waals surface area contributed by atoms with E-state index >= 15 is 0 Å². The molecule has 0 aliphatic heterocycles. The van der Waals surface area contributed by atoms with Gasteiger partial charge in [-0.25, -0.2) is 9.97 Å². The van der Waals surface area contributed by atoms with Crippen LogP contribution in [-0.2, 0) is 15.3 Å². The van der Waals surface area contributed by atoms with Crippen LogP contribution in [0.25, 0.3) is 5.69 Å². The van der Waals surface area contributed by atoms with Gasteiger partial charge in [-0.15, -0.1) is 10.2 Å². The lowest BCUT2D eigenvalue weighted by Gasteiger charge is -2.11. The minimum absolute atomic E-state index is 0.152. The van der Waals surface area contributed by atoms with Gasteiger partial charge in [-0.3, -0.25) is 9.36 Å². The van der Waals surface area contributed by atoms with Gasteiger partial charge in [0.1, 0.15) is 11.6 Å². The second-order valence-corrected chi connectivity index (χ2v) is 8.13. The highest BCUT2D eigenvalue weighted by atomic mass is 32.2. The van der Waals surface area contributed by atoms with Gasteiger partial charge in [-0.1, -0.05) is 23.5 Å². The summed E-state index contributed by atoms with van der Waals surface area (Å²) in [5.41, 5.74) is 2.73. The third-order valence-corrected chi connectivity index (χ3v) is 5.69. The topological polar surface area (TPSA) is 92.0 Å². The molecule has 0 aliphatic rings. The maximum absolute atomic E-state index is 11.6. The number of methoxy groups -OCH3 is 1. The van der Waals surface area contributed by atoms with E-state index in [-0.39, 0.29) is 11.7 Å². The van der Waals surface area contributed by atoms with Crippen molar-refractivity contribution in [1.82, 2.24) is 24.7 Å². The van der Waals surface area contributed by atoms with Crippen LogP contribution in [0, 0.1) is 13.8 Å². The lowest BCUT2D eigenvalue weighted by molar-refractivity contribution is -0.137. The molecule has 0 unspecified atom stereocenters. The van der Waals surface area contributed by atoms with E-state index in [2.05, 4.69) is 20.2 Å². The van der Waals surface area contributed by atoms with Crippen LogP contribution in [0.1, 0.15) is 24.1 Å². The van der Waals surface area contributed by atoms with Crippen molar-refractivity contribution in [3.63, 3.8) is 0 Å². The van der Waals surface area contributed by atoms with E-state index in [0.29, 0.717) is 22.7 Å². The Morgan fingerprint density at radius 3 is 2.40 bits per heavy atom. The van der Waals surface area contributed by atoms with Crippen molar-refractivity contribution in [3.05, 3.63) is 47.5 Å². The Morgan fingerprint density at radius 1 is 1.07 bits per heavy atom. The highest BCUT2D eigenvalue weighted by molar-refractivity contribution is 7.99. The smallest absolute Gasteiger partial charge is 0.316 e. The number of esters is 1. The molecule has 0 atom stereocenters. The van der Waals surface area contributed by atoms with Crippen LogP contribution >= 0.6 is 23.5 Å². The van der Waals surface area contributed by atoms with Crippen LogP contribution < -0.4 is 4.74 Å². The van der Waals surface area contributed by atoms with Gasteiger partial charge in [0, 0.05) is 17.1 Å². The number of hydrogen-bond donors (Lipinski definition) is 0. The zero-order valence-corrected chi connectivity index (χ0v) is 18.9. The molecule has 0 aliphatic carbocycles. The van der Waals surface area contributed by atoms with Gasteiger partial charge in [0.25, 0.3) is 0 Å². The van der Waals surface area contributed by atoms with Crippen LogP contribution in [0.5, 0.6) is 5.75 Å². The number of carbonyl (C=O) groups excluding carboxylic acids is 1. The fraction of sp³-hybridized carbons (Fsp3) is 0.350. The fourth-order valence-electron chi connectivity index (χ4n) is 2.67. The van der Waals surface area contributed by atoms with Crippen molar-refractivity contribution in [2.75, 3.05) is 19.5 Å². The van der Waals surface area contributed by atoms with Crippen LogP contribution in [0.3, 0.4) is 0 Å². The molecule has 2 heterocycles. The summed E-state index contributed by atoms with van der Waals surface area (Å²) in [5.74, 6) is 1.89. The first kappa shape index (κ1) is 22.1. The Bertz CT molecular complexity index is 988. The van der Waals surface area contributed by atoms with Crippen LogP contribution in [-0.4, -0.2) is 50.2 Å². The average molecular weight is 446 g/mol. The Balaban J connectivity index is 1.87. The molecule has 1 aromatic carbocycles. The fourth-order valence-corrected chi connectivity index (χ4v) is 4.34. The van der Waals surface area contributed by atoms with Gasteiger partial charge in [-0.2, -0.15) is 0 Å². The molecule has 0 saturated carbocycles. The number of hydrogen-bond acceptors (Lipinski definition) is 9. The second-order valence-electron chi connectivity index (χ2n) is 6.25. The molecular weight excluding hydrogens is 422 g/mol. The van der Waals surface area contributed by atoms with E-state index in [1.807, 2.05) is 55.7 Å². The van der Waals surface area contributed by atoms with Gasteiger partial charge in [0.05, 0.1) is 25.2 Å². The molecule has 0 N–H and O–H groups in total. The molecule has 30 heavy (non-hydrogen) atoms. The molecular formula is C20H23N5O3S2. The number of aryl methyl sites for hydroxylation is 2. The average Bonchev–Trinajstić information content (AvgIpc) is 3.13. The van der Waals surface area contributed by atoms with Gasteiger partial charge in [-0.05, 0) is 51.1 Å². The SMILES string of the molecule is CCOc1ccc(-n2c(CSc3nc(C)cc(C)n3)nnc2SCC(=O)OC)cc1. The van der Waals surface area contributed by atoms with Crippen LogP contribution in [0.4, 0.5) is 0 Å². The van der Waals surface area contributed by atoms with Crippen molar-refractivity contribution >= 4 is 29.5 Å². The molecule has 2 aromatic heterocycles. The lowest BCUT2D eigenvalue weighted by atomic mass is 10.3. The maximum Gasteiger partial charge on any atom is 0.316 e. The molecule has 0 radical (unpaired) electrons. The van der Waals surface area contributed by atoms with Crippen molar-refractivity contribution in [3.8, 4) is 11.4 Å². The summed E-state index contributed by atoms with van der Waals surface area (Å²) < 4.78 is 12.2. The Kier molecular flexibility index (Phi) is 7.69. The van der Waals surface area contributed by atoms with Gasteiger partial charge in [0.15, 0.2) is 10.3 Å². The lowest BCUT2D eigenvalue weighted by Crippen LogP contribution is -2.06. The van der Waals surface area contributed by atoms with Gasteiger partial charge >= 0.3 is 5.97 Å². The molecule has 0 spiro atoms. The molecule has 3 rings (SSSR count). The summed E-state index contributed by atoms with van der Waals surface area (Å²) in [6, 6.07) is 9.62. The summed E-state index contributed by atoms with van der Waals surface area (Å²) >= 11 is 2.77. The number of ether oxygens (including phenoxy) is 2. The van der Waals surface area contributed by atoms with Crippen molar-refractivity contribution < 1.29 is 14.3 Å². The summed E-state index contributed by atoms with van der Waals surface area (Å²) in [7, 11) is 1.37. The normalized spacial score (nSPS) is 10.8. The third-order valence-electron chi connectivity index (χ3n) is 3.95. The summed E-state index contributed by atoms with van der Waals surface area (Å²) in [6.07, 6.45) is 0. The molecule has 3 aromatic rings. The van der Waals surface area contributed by atoms with Crippen LogP contribution in [0.2, 0.25) is 0 Å². The van der Waals surface area contributed by atoms with Gasteiger partial charge in [0.2, 0.25) is 0 Å². The van der Waals surface area contributed by atoms with Crippen molar-refractivity contribution in [2.45, 2.75) is 36.8 Å². The molecule has 0 bridgehead atoms. The Hall–Kier alpha value is -2.59. The number of carbonyl (C=O) groups is 1. The summed E-state index contributed by atoms with van der Waals surface area (Å²) in [5, 5.41) is 9.94. The molecule has 0 amide bonds. The number of thioether (sulfide) groups is 2. The molecule has 10 heteroatoms. The van der Waals surface area contributed by atoms with E-state index in [4.69, 9.17) is 9.47 Å². The second kappa shape index (κ2) is 10.4. The minimum atomic E-state index is -0.319. The predicted octanol–water partition coefficient (Wildman–Crippen LogP) is 3.63. The van der Waals surface area contributed by atoms with E-state index in [9.17, 15) is 4.79 Å². The quantitative estimate of drug-likeness (QED) is 0.278. The molecule has 0 saturated heterocycles. The first-order valence-electron chi connectivity index (χ1n) is 9.32. The number of nitrogens with zero attached hydrogens (tertiary/aromatic N) is 5. The van der Waals surface area contributed by atoms with Crippen molar-refractivity contribution in [1.29, 1.82) is 0 Å². The van der Waals surface area contributed by atoms with E-state index in [1.165, 1.54) is 30.6 Å². The Morgan fingerprint density at radius 2 is 1.77 bits per heavy atom. The minimum Gasteiger partial charge on any atom is -0.494 e. The third kappa shape index (κ3) is 5.73. The number of benzene rings is 1. The Labute approximate surface area is 183 Å². The summed E-state index contributed by atoms with van der Waals surface area (Å²) in [6.45, 7) is 6.44. The monoisotopic (exact) mass is 445 g/mol. The zero-order valence-electron chi connectivity index (χ0n) is 17.3. The van der Waals surface area contributed by atoms with E-state index in [1.54, 1.807) is 0 Å². The van der Waals surface area contributed by atoms with Gasteiger partial charge < -0.3 is 9.47 Å². The number of rotatable bonds is 9. The zero-order chi connectivity index (χ0) is 21.5. The molecule has 0 fully saturated rings. The highest BCUT2D eigenvalue weighted by Crippen LogP contribution is 2.27. The van der Waals surface area contributed by atoms with Crippen molar-refractivity contribution in [2.24, 2.45) is 0 Å².